The third-order valence-corrected chi connectivity index (χ3v) is 6.68. The summed E-state index contributed by atoms with van der Waals surface area (Å²) in [6.45, 7) is 5.85. The van der Waals surface area contributed by atoms with Gasteiger partial charge in [-0.2, -0.15) is 5.10 Å². The second kappa shape index (κ2) is 8.35. The predicted octanol–water partition coefficient (Wildman–Crippen LogP) is 5.40. The molecule has 5 rings (SSSR count). The fourth-order valence-corrected chi connectivity index (χ4v) is 5.03. The molecule has 1 N–H and O–H groups in total. The molecular formula is C22H19B2N5OP2. The maximum atomic E-state index is 6.28. The number of aromatic nitrogens is 5. The number of benzene rings is 2. The first-order chi connectivity index (χ1) is 15.4. The number of rotatable bonds is 5. The van der Waals surface area contributed by atoms with Crippen molar-refractivity contribution in [3.63, 3.8) is 0 Å². The fraction of sp³-hybridized carbons (Fsp3) is 0.136. The van der Waals surface area contributed by atoms with Crippen LogP contribution in [0.3, 0.4) is 0 Å². The number of imidazole rings is 1. The molecule has 3 aromatic heterocycles. The van der Waals surface area contributed by atoms with Gasteiger partial charge in [0.2, 0.25) is 0 Å². The van der Waals surface area contributed by atoms with E-state index in [9.17, 15) is 0 Å². The van der Waals surface area contributed by atoms with E-state index in [0.29, 0.717) is 5.75 Å². The van der Waals surface area contributed by atoms with Crippen molar-refractivity contribution < 1.29 is 4.52 Å². The second-order valence-electron chi connectivity index (χ2n) is 7.59. The van der Waals surface area contributed by atoms with Gasteiger partial charge in [-0.15, -0.1) is 0 Å². The van der Waals surface area contributed by atoms with E-state index in [1.807, 2.05) is 55.2 Å². The van der Waals surface area contributed by atoms with E-state index in [-0.39, 0.29) is 0 Å². The van der Waals surface area contributed by atoms with E-state index in [2.05, 4.69) is 28.2 Å². The van der Waals surface area contributed by atoms with Crippen LogP contribution in [0.1, 0.15) is 5.56 Å². The topological polar surface area (TPSA) is 68.6 Å². The van der Waals surface area contributed by atoms with Crippen molar-refractivity contribution in [2.75, 3.05) is 13.3 Å². The molecule has 0 aliphatic carbocycles. The maximum absolute atomic E-state index is 6.28. The fourth-order valence-electron chi connectivity index (χ4n) is 3.79. The number of hydrogen-bond donors (Lipinski definition) is 1. The molecule has 3 heterocycles. The number of fused-ring (bicyclic) bond motifs is 2. The standard InChI is InChI=1S/C22H19B2N5OP2/c1-13-16(11-25-12-20(13)30-32(3)24)14-8-9-19-15(10-14)21(28-29(19)31(2)23)22-26-17-6-4-5-7-18(17)27-22/h4-12H,1-3H3,(H,26,27). The van der Waals surface area contributed by atoms with Crippen molar-refractivity contribution >= 4 is 53.0 Å². The van der Waals surface area contributed by atoms with Crippen molar-refractivity contribution in [1.29, 1.82) is 0 Å². The molecule has 154 valence electrons. The monoisotopic (exact) mass is 453 g/mol. The second-order valence-corrected chi connectivity index (χ2v) is 10.4. The molecule has 0 bridgehead atoms. The molecule has 0 spiro atoms. The lowest BCUT2D eigenvalue weighted by molar-refractivity contribution is 0.621. The van der Waals surface area contributed by atoms with Gasteiger partial charge in [0.1, 0.15) is 19.0 Å². The minimum atomic E-state index is -1.03. The Hall–Kier alpha value is -2.68. The lowest BCUT2D eigenvalue weighted by Gasteiger charge is -2.15. The molecule has 0 amide bonds. The number of pyridine rings is 1. The predicted molar refractivity (Wildman–Crippen MR) is 136 cm³/mol. The number of hydrogen-bond acceptors (Lipinski definition) is 4. The average Bonchev–Trinajstić information content (AvgIpc) is 3.36. The lowest BCUT2D eigenvalue weighted by atomic mass is 10.0. The minimum Gasteiger partial charge on any atom is -0.484 e. The highest BCUT2D eigenvalue weighted by Crippen LogP contribution is 2.40. The SMILES string of the molecule is [B]P(C)Oc1cncc(-c2ccc3c(c2)c(-c2nc4ccccc4[nH]2)nn3P([B])C)c1C. The number of nitrogens with zero attached hydrogens (tertiary/aromatic N) is 4. The highest BCUT2D eigenvalue weighted by atomic mass is 31.1. The molecule has 0 aliphatic heterocycles. The highest BCUT2D eigenvalue weighted by molar-refractivity contribution is 7.80. The Morgan fingerprint density at radius 2 is 1.88 bits per heavy atom. The van der Waals surface area contributed by atoms with Crippen LogP contribution < -0.4 is 4.52 Å². The van der Waals surface area contributed by atoms with Crippen molar-refractivity contribution in [2.24, 2.45) is 0 Å². The number of nitrogens with one attached hydrogen (secondary N) is 1. The Bertz CT molecular complexity index is 1410. The Morgan fingerprint density at radius 3 is 2.62 bits per heavy atom. The molecule has 0 saturated carbocycles. The van der Waals surface area contributed by atoms with Gasteiger partial charge in [-0.05, 0) is 58.0 Å². The molecule has 10 heteroatoms. The van der Waals surface area contributed by atoms with Gasteiger partial charge < -0.3 is 9.51 Å². The third-order valence-electron chi connectivity index (χ3n) is 5.30. The minimum absolute atomic E-state index is 0.700. The van der Waals surface area contributed by atoms with Crippen molar-refractivity contribution in [1.82, 2.24) is 24.5 Å². The van der Waals surface area contributed by atoms with Crippen LogP contribution in [0.25, 0.3) is 44.6 Å². The van der Waals surface area contributed by atoms with Gasteiger partial charge in [-0.1, -0.05) is 18.2 Å². The first-order valence-corrected chi connectivity index (χ1v) is 13.6. The van der Waals surface area contributed by atoms with E-state index in [1.54, 1.807) is 6.20 Å². The molecule has 2 unspecified atom stereocenters. The Balaban J connectivity index is 1.71. The van der Waals surface area contributed by atoms with E-state index in [1.165, 1.54) is 0 Å². The van der Waals surface area contributed by atoms with Crippen LogP contribution in [0.2, 0.25) is 0 Å². The summed E-state index contributed by atoms with van der Waals surface area (Å²) < 4.78 is 7.68. The molecule has 32 heavy (non-hydrogen) atoms. The Morgan fingerprint density at radius 1 is 1.06 bits per heavy atom. The first-order valence-electron chi connectivity index (χ1n) is 10.0. The summed E-state index contributed by atoms with van der Waals surface area (Å²) in [5, 5.41) is 5.82. The van der Waals surface area contributed by atoms with Gasteiger partial charge in [0.05, 0.1) is 22.7 Å². The summed E-state index contributed by atoms with van der Waals surface area (Å²) >= 11 is 0. The molecule has 4 radical (unpaired) electrons. The average molecular weight is 453 g/mol. The van der Waals surface area contributed by atoms with Gasteiger partial charge >= 0.3 is 0 Å². The molecule has 2 aromatic carbocycles. The zero-order valence-electron chi connectivity index (χ0n) is 17.9. The van der Waals surface area contributed by atoms with Crippen LogP contribution in [0, 0.1) is 6.92 Å². The van der Waals surface area contributed by atoms with Gasteiger partial charge in [0, 0.05) is 30.7 Å². The number of H-pyrrole nitrogens is 1. The molecule has 0 aliphatic rings. The molecule has 0 fully saturated rings. The third kappa shape index (κ3) is 3.72. The summed E-state index contributed by atoms with van der Waals surface area (Å²) in [6, 6.07) is 14.2. The number of aromatic amines is 1. The van der Waals surface area contributed by atoms with Gasteiger partial charge in [0.25, 0.3) is 0 Å². The zero-order valence-corrected chi connectivity index (χ0v) is 19.7. The summed E-state index contributed by atoms with van der Waals surface area (Å²) in [4.78, 5) is 12.5. The van der Waals surface area contributed by atoms with Gasteiger partial charge in [-0.3, -0.25) is 9.44 Å². The lowest BCUT2D eigenvalue weighted by Crippen LogP contribution is -1.94. The highest BCUT2D eigenvalue weighted by Gasteiger charge is 2.19. The number of para-hydroxylation sites is 2. The summed E-state index contributed by atoms with van der Waals surface area (Å²) in [7, 11) is 10.2. The normalized spacial score (nSPS) is 13.5. The Kier molecular flexibility index (Phi) is 5.53. The van der Waals surface area contributed by atoms with Crippen LogP contribution >= 0.6 is 16.0 Å². The smallest absolute Gasteiger partial charge is 0.166 e. The van der Waals surface area contributed by atoms with Crippen LogP contribution in [0.4, 0.5) is 0 Å². The van der Waals surface area contributed by atoms with Crippen LogP contribution in [-0.4, -0.2) is 53.0 Å². The summed E-state index contributed by atoms with van der Waals surface area (Å²) in [5.74, 6) is 1.42. The van der Waals surface area contributed by atoms with Crippen molar-refractivity contribution in [3.05, 3.63) is 60.4 Å². The zero-order chi connectivity index (χ0) is 22.4. The van der Waals surface area contributed by atoms with E-state index >= 15 is 0 Å². The largest absolute Gasteiger partial charge is 0.484 e. The van der Waals surface area contributed by atoms with E-state index < -0.39 is 16.0 Å². The Labute approximate surface area is 191 Å². The van der Waals surface area contributed by atoms with Gasteiger partial charge in [-0.25, -0.2) is 4.98 Å². The van der Waals surface area contributed by atoms with Crippen LogP contribution in [0.5, 0.6) is 5.75 Å². The first kappa shape index (κ1) is 21.2. The molecule has 5 aromatic rings. The van der Waals surface area contributed by atoms with Crippen LogP contribution in [-0.2, 0) is 0 Å². The summed E-state index contributed by atoms with van der Waals surface area (Å²) in [6.07, 6.45) is 3.55. The quantitative estimate of drug-likeness (QED) is 0.286. The molecule has 2 atom stereocenters. The summed E-state index contributed by atoms with van der Waals surface area (Å²) in [5.41, 5.74) is 6.60. The van der Waals surface area contributed by atoms with E-state index in [4.69, 9.17) is 29.7 Å². The van der Waals surface area contributed by atoms with Gasteiger partial charge in [0.15, 0.2) is 13.4 Å². The van der Waals surface area contributed by atoms with Crippen molar-refractivity contribution in [2.45, 2.75) is 6.92 Å². The molecule has 0 saturated heterocycles. The van der Waals surface area contributed by atoms with Crippen molar-refractivity contribution in [3.8, 4) is 28.4 Å². The van der Waals surface area contributed by atoms with Crippen LogP contribution in [0.15, 0.2) is 54.9 Å². The molecule has 6 nitrogen and oxygen atoms in total. The molecular weight excluding hydrogens is 434 g/mol. The maximum Gasteiger partial charge on any atom is 0.166 e. The van der Waals surface area contributed by atoms with E-state index in [0.717, 1.165) is 50.1 Å².